The van der Waals surface area contributed by atoms with Crippen LogP contribution in [0.15, 0.2) is 24.3 Å². The summed E-state index contributed by atoms with van der Waals surface area (Å²) < 4.78 is 13.4. The number of hydrogen-bond acceptors (Lipinski definition) is 4. The van der Waals surface area contributed by atoms with Gasteiger partial charge in [-0.05, 0) is 57.8 Å². The number of rotatable bonds is 4. The minimum atomic E-state index is -0.270. The maximum Gasteiger partial charge on any atom is 0.161 e. The molecule has 1 fully saturated rings. The van der Waals surface area contributed by atoms with Gasteiger partial charge in [0.1, 0.15) is 11.6 Å². The standard InChI is InChI=1S/C18H23FN4/c1-12-13(2)22-18(15-4-3-5-16(19)10-15)23-17(12)21-11-14-6-8-20-9-7-14/h3-5,10,14,20H,6-9,11H2,1-2H3,(H,21,22,23). The minimum Gasteiger partial charge on any atom is -0.369 e. The largest absolute Gasteiger partial charge is 0.369 e. The first-order valence-corrected chi connectivity index (χ1v) is 8.19. The van der Waals surface area contributed by atoms with Gasteiger partial charge in [-0.1, -0.05) is 12.1 Å². The number of benzene rings is 1. The highest BCUT2D eigenvalue weighted by molar-refractivity contribution is 5.59. The number of halogens is 1. The molecule has 0 saturated carbocycles. The zero-order valence-electron chi connectivity index (χ0n) is 13.7. The Balaban J connectivity index is 1.81. The molecular formula is C18H23FN4. The molecule has 0 radical (unpaired) electrons. The zero-order chi connectivity index (χ0) is 16.2. The second kappa shape index (κ2) is 7.04. The molecule has 1 aliphatic rings. The van der Waals surface area contributed by atoms with Crippen LogP contribution in [0.5, 0.6) is 0 Å². The van der Waals surface area contributed by atoms with Crippen molar-refractivity contribution in [2.75, 3.05) is 25.0 Å². The molecule has 2 aromatic rings. The van der Waals surface area contributed by atoms with Crippen LogP contribution in [0.4, 0.5) is 10.2 Å². The number of nitrogens with one attached hydrogen (secondary N) is 2. The van der Waals surface area contributed by atoms with E-state index < -0.39 is 0 Å². The number of anilines is 1. The topological polar surface area (TPSA) is 49.8 Å². The lowest BCUT2D eigenvalue weighted by Crippen LogP contribution is -2.31. The van der Waals surface area contributed by atoms with Gasteiger partial charge in [-0.15, -0.1) is 0 Å². The van der Waals surface area contributed by atoms with E-state index in [0.29, 0.717) is 17.3 Å². The highest BCUT2D eigenvalue weighted by Gasteiger charge is 2.15. The molecule has 2 N–H and O–H groups in total. The fourth-order valence-corrected chi connectivity index (χ4v) is 2.88. The van der Waals surface area contributed by atoms with E-state index in [1.54, 1.807) is 6.07 Å². The number of hydrogen-bond donors (Lipinski definition) is 2. The molecule has 2 heterocycles. The van der Waals surface area contributed by atoms with Crippen molar-refractivity contribution in [1.82, 2.24) is 15.3 Å². The highest BCUT2D eigenvalue weighted by Crippen LogP contribution is 2.23. The molecule has 23 heavy (non-hydrogen) atoms. The summed E-state index contributed by atoms with van der Waals surface area (Å²) >= 11 is 0. The summed E-state index contributed by atoms with van der Waals surface area (Å²) in [4.78, 5) is 9.14. The third kappa shape index (κ3) is 3.85. The van der Waals surface area contributed by atoms with Crippen molar-refractivity contribution in [3.63, 3.8) is 0 Å². The molecule has 1 aromatic heterocycles. The first kappa shape index (κ1) is 15.9. The number of aryl methyl sites for hydroxylation is 1. The van der Waals surface area contributed by atoms with Gasteiger partial charge in [-0.3, -0.25) is 0 Å². The molecule has 0 atom stereocenters. The van der Waals surface area contributed by atoms with Crippen molar-refractivity contribution in [2.24, 2.45) is 5.92 Å². The van der Waals surface area contributed by atoms with Gasteiger partial charge in [0, 0.05) is 23.4 Å². The summed E-state index contributed by atoms with van der Waals surface area (Å²) in [6.07, 6.45) is 2.37. The summed E-state index contributed by atoms with van der Waals surface area (Å²) in [6, 6.07) is 6.43. The van der Waals surface area contributed by atoms with E-state index in [1.807, 2.05) is 19.9 Å². The molecule has 0 spiro atoms. The average Bonchev–Trinajstić information content (AvgIpc) is 2.57. The van der Waals surface area contributed by atoms with E-state index in [-0.39, 0.29) is 5.82 Å². The third-order valence-corrected chi connectivity index (χ3v) is 4.49. The normalized spacial score (nSPS) is 15.6. The van der Waals surface area contributed by atoms with Gasteiger partial charge in [0.05, 0.1) is 0 Å². The summed E-state index contributed by atoms with van der Waals surface area (Å²) in [5.41, 5.74) is 2.68. The molecule has 1 saturated heterocycles. The predicted molar refractivity (Wildman–Crippen MR) is 91.0 cm³/mol. The van der Waals surface area contributed by atoms with Gasteiger partial charge in [-0.25, -0.2) is 14.4 Å². The Hall–Kier alpha value is -2.01. The molecule has 1 aliphatic heterocycles. The van der Waals surface area contributed by atoms with Crippen LogP contribution in [-0.2, 0) is 0 Å². The molecule has 0 amide bonds. The summed E-state index contributed by atoms with van der Waals surface area (Å²) in [7, 11) is 0. The number of aromatic nitrogens is 2. The van der Waals surface area contributed by atoms with Gasteiger partial charge in [-0.2, -0.15) is 0 Å². The molecular weight excluding hydrogens is 291 g/mol. The third-order valence-electron chi connectivity index (χ3n) is 4.49. The molecule has 3 rings (SSSR count). The molecule has 4 nitrogen and oxygen atoms in total. The van der Waals surface area contributed by atoms with Gasteiger partial charge in [0.15, 0.2) is 5.82 Å². The Morgan fingerprint density at radius 2 is 2.00 bits per heavy atom. The summed E-state index contributed by atoms with van der Waals surface area (Å²) in [5, 5.41) is 6.86. The highest BCUT2D eigenvalue weighted by atomic mass is 19.1. The second-order valence-corrected chi connectivity index (χ2v) is 6.19. The predicted octanol–water partition coefficient (Wildman–Crippen LogP) is 3.31. The Morgan fingerprint density at radius 3 is 2.74 bits per heavy atom. The van der Waals surface area contributed by atoms with Crippen molar-refractivity contribution in [2.45, 2.75) is 26.7 Å². The van der Waals surface area contributed by atoms with Crippen LogP contribution in [0, 0.1) is 25.6 Å². The lowest BCUT2D eigenvalue weighted by molar-refractivity contribution is 0.389. The molecule has 0 aliphatic carbocycles. The van der Waals surface area contributed by atoms with E-state index in [0.717, 1.165) is 36.7 Å². The quantitative estimate of drug-likeness (QED) is 0.909. The van der Waals surface area contributed by atoms with Crippen molar-refractivity contribution in [3.05, 3.63) is 41.3 Å². The molecule has 5 heteroatoms. The molecule has 1 aromatic carbocycles. The van der Waals surface area contributed by atoms with Crippen molar-refractivity contribution < 1.29 is 4.39 Å². The minimum absolute atomic E-state index is 0.270. The van der Waals surface area contributed by atoms with Crippen molar-refractivity contribution in [1.29, 1.82) is 0 Å². The van der Waals surface area contributed by atoms with Gasteiger partial charge >= 0.3 is 0 Å². The van der Waals surface area contributed by atoms with Crippen molar-refractivity contribution in [3.8, 4) is 11.4 Å². The monoisotopic (exact) mass is 314 g/mol. The van der Waals surface area contributed by atoms with Gasteiger partial charge in [0.2, 0.25) is 0 Å². The fourth-order valence-electron chi connectivity index (χ4n) is 2.88. The van der Waals surface area contributed by atoms with E-state index in [2.05, 4.69) is 20.6 Å². The smallest absolute Gasteiger partial charge is 0.161 e. The van der Waals surface area contributed by atoms with Crippen LogP contribution in [0.1, 0.15) is 24.1 Å². The van der Waals surface area contributed by atoms with Crippen LogP contribution in [-0.4, -0.2) is 29.6 Å². The van der Waals surface area contributed by atoms with Crippen LogP contribution in [0.2, 0.25) is 0 Å². The zero-order valence-corrected chi connectivity index (χ0v) is 13.7. The average molecular weight is 314 g/mol. The van der Waals surface area contributed by atoms with E-state index in [4.69, 9.17) is 0 Å². The maximum atomic E-state index is 13.4. The lowest BCUT2D eigenvalue weighted by Gasteiger charge is -2.23. The van der Waals surface area contributed by atoms with E-state index >= 15 is 0 Å². The van der Waals surface area contributed by atoms with E-state index in [9.17, 15) is 4.39 Å². The van der Waals surface area contributed by atoms with Crippen LogP contribution < -0.4 is 10.6 Å². The molecule has 0 bridgehead atoms. The van der Waals surface area contributed by atoms with Crippen molar-refractivity contribution >= 4 is 5.82 Å². The maximum absolute atomic E-state index is 13.4. The number of nitrogens with zero attached hydrogens (tertiary/aromatic N) is 2. The molecule has 122 valence electrons. The Labute approximate surface area is 136 Å². The summed E-state index contributed by atoms with van der Waals surface area (Å²) in [6.45, 7) is 7.08. The molecule has 0 unspecified atom stereocenters. The van der Waals surface area contributed by atoms with Gasteiger partial charge < -0.3 is 10.6 Å². The fraction of sp³-hybridized carbons (Fsp3) is 0.444. The SMILES string of the molecule is Cc1nc(-c2cccc(F)c2)nc(NCC2CCNCC2)c1C. The first-order chi connectivity index (χ1) is 11.1. The Bertz CT molecular complexity index is 681. The Morgan fingerprint density at radius 1 is 1.22 bits per heavy atom. The summed E-state index contributed by atoms with van der Waals surface area (Å²) in [5.74, 6) is 1.83. The number of piperidine rings is 1. The Kier molecular flexibility index (Phi) is 4.86. The first-order valence-electron chi connectivity index (χ1n) is 8.19. The van der Waals surface area contributed by atoms with Crippen LogP contribution >= 0.6 is 0 Å². The lowest BCUT2D eigenvalue weighted by atomic mass is 9.98. The van der Waals surface area contributed by atoms with Crippen LogP contribution in [0.3, 0.4) is 0 Å². The second-order valence-electron chi connectivity index (χ2n) is 6.19. The van der Waals surface area contributed by atoms with Gasteiger partial charge in [0.25, 0.3) is 0 Å². The van der Waals surface area contributed by atoms with E-state index in [1.165, 1.54) is 25.0 Å². The van der Waals surface area contributed by atoms with Crippen LogP contribution in [0.25, 0.3) is 11.4 Å².